The molecule has 3 aromatic rings. The highest BCUT2D eigenvalue weighted by molar-refractivity contribution is 7.90. The molecule has 25 heavy (non-hydrogen) atoms. The van der Waals surface area contributed by atoms with Crippen molar-refractivity contribution in [1.82, 2.24) is 8.96 Å². The maximum Gasteiger partial charge on any atom is 0.274 e. The highest BCUT2D eigenvalue weighted by atomic mass is 32.2. The first-order valence-electron chi connectivity index (χ1n) is 7.61. The molecule has 0 saturated carbocycles. The van der Waals surface area contributed by atoms with Crippen LogP contribution in [0.2, 0.25) is 0 Å². The smallest absolute Gasteiger partial charge is 0.274 e. The van der Waals surface area contributed by atoms with Crippen LogP contribution in [-0.4, -0.2) is 23.3 Å². The topological polar surface area (TPSA) is 81.1 Å². The van der Waals surface area contributed by atoms with E-state index in [0.29, 0.717) is 5.69 Å². The zero-order chi connectivity index (χ0) is 18.0. The number of rotatable bonds is 4. The lowest BCUT2D eigenvalue weighted by Crippen LogP contribution is -2.14. The van der Waals surface area contributed by atoms with Crippen molar-refractivity contribution in [3.05, 3.63) is 77.9 Å². The van der Waals surface area contributed by atoms with Crippen molar-refractivity contribution in [1.29, 1.82) is 0 Å². The number of hydrogen-bond acceptors (Lipinski definition) is 4. The Hall–Kier alpha value is -2.93. The molecular weight excluding hydrogens is 338 g/mol. The van der Waals surface area contributed by atoms with Gasteiger partial charge in [0.05, 0.1) is 10.6 Å². The number of nitrogens with zero attached hydrogens (tertiary/aromatic N) is 2. The SMILES string of the molecule is Cc1ccc(S(=O)(=O)n2ccc(NC(=O)c3ccccn3)c2)cc1C. The van der Waals surface area contributed by atoms with E-state index < -0.39 is 15.9 Å². The third-order valence-corrected chi connectivity index (χ3v) is 5.51. The van der Waals surface area contributed by atoms with Crippen LogP contribution in [0.5, 0.6) is 0 Å². The first kappa shape index (κ1) is 16.9. The third-order valence-electron chi connectivity index (χ3n) is 3.88. The summed E-state index contributed by atoms with van der Waals surface area (Å²) in [5, 5.41) is 2.64. The molecular formula is C18H17N3O3S. The Kier molecular flexibility index (Phi) is 4.41. The predicted octanol–water partition coefficient (Wildman–Crippen LogP) is 2.99. The summed E-state index contributed by atoms with van der Waals surface area (Å²) in [6.07, 6.45) is 4.29. The second-order valence-electron chi connectivity index (χ2n) is 5.65. The molecule has 0 unspecified atom stereocenters. The quantitative estimate of drug-likeness (QED) is 0.780. The van der Waals surface area contributed by atoms with Gasteiger partial charge < -0.3 is 5.32 Å². The molecule has 0 aliphatic rings. The molecule has 0 aliphatic carbocycles. The van der Waals surface area contributed by atoms with Crippen LogP contribution < -0.4 is 5.32 Å². The van der Waals surface area contributed by atoms with Gasteiger partial charge in [-0.15, -0.1) is 0 Å². The van der Waals surface area contributed by atoms with Gasteiger partial charge in [0.2, 0.25) is 0 Å². The minimum absolute atomic E-state index is 0.203. The Labute approximate surface area is 146 Å². The van der Waals surface area contributed by atoms with Crippen molar-refractivity contribution in [2.75, 3.05) is 5.32 Å². The van der Waals surface area contributed by atoms with E-state index in [9.17, 15) is 13.2 Å². The molecule has 3 rings (SSSR count). The minimum atomic E-state index is -3.71. The van der Waals surface area contributed by atoms with E-state index in [1.54, 1.807) is 36.4 Å². The predicted molar refractivity (Wildman–Crippen MR) is 95.1 cm³/mol. The molecule has 0 atom stereocenters. The lowest BCUT2D eigenvalue weighted by molar-refractivity contribution is 0.102. The Morgan fingerprint density at radius 3 is 2.56 bits per heavy atom. The summed E-state index contributed by atoms with van der Waals surface area (Å²) in [6.45, 7) is 3.79. The number of aromatic nitrogens is 2. The zero-order valence-corrected chi connectivity index (χ0v) is 14.6. The molecule has 1 aromatic carbocycles. The number of carbonyl (C=O) groups excluding carboxylic acids is 1. The average molecular weight is 355 g/mol. The van der Waals surface area contributed by atoms with Gasteiger partial charge in [-0.2, -0.15) is 0 Å². The third kappa shape index (κ3) is 3.46. The molecule has 6 nitrogen and oxygen atoms in total. The highest BCUT2D eigenvalue weighted by Gasteiger charge is 2.18. The van der Waals surface area contributed by atoms with E-state index in [1.807, 2.05) is 13.8 Å². The molecule has 0 spiro atoms. The molecule has 7 heteroatoms. The van der Waals surface area contributed by atoms with Gasteiger partial charge in [0.25, 0.3) is 15.9 Å². The molecule has 0 saturated heterocycles. The van der Waals surface area contributed by atoms with E-state index in [2.05, 4.69) is 10.3 Å². The lowest BCUT2D eigenvalue weighted by atomic mass is 10.1. The van der Waals surface area contributed by atoms with Crippen LogP contribution in [0.15, 0.2) is 66.0 Å². The summed E-state index contributed by atoms with van der Waals surface area (Å²) < 4.78 is 26.5. The Morgan fingerprint density at radius 2 is 1.88 bits per heavy atom. The number of nitrogens with one attached hydrogen (secondary N) is 1. The van der Waals surface area contributed by atoms with Gasteiger partial charge in [-0.05, 0) is 55.3 Å². The van der Waals surface area contributed by atoms with Crippen LogP contribution in [0.1, 0.15) is 21.6 Å². The normalized spacial score (nSPS) is 11.3. The van der Waals surface area contributed by atoms with E-state index in [-0.39, 0.29) is 10.6 Å². The number of benzene rings is 1. The molecule has 1 N–H and O–H groups in total. The van der Waals surface area contributed by atoms with Crippen LogP contribution >= 0.6 is 0 Å². The maximum absolute atomic E-state index is 12.7. The van der Waals surface area contributed by atoms with Crippen molar-refractivity contribution in [2.24, 2.45) is 0 Å². The van der Waals surface area contributed by atoms with Gasteiger partial charge in [0, 0.05) is 18.6 Å². The Bertz CT molecular complexity index is 1020. The molecule has 128 valence electrons. The molecule has 0 aliphatic heterocycles. The van der Waals surface area contributed by atoms with E-state index in [1.165, 1.54) is 24.7 Å². The van der Waals surface area contributed by atoms with Crippen molar-refractivity contribution in [3.8, 4) is 0 Å². The second kappa shape index (κ2) is 6.52. The highest BCUT2D eigenvalue weighted by Crippen LogP contribution is 2.20. The van der Waals surface area contributed by atoms with Crippen LogP contribution in [-0.2, 0) is 10.0 Å². The van der Waals surface area contributed by atoms with Crippen molar-refractivity contribution >= 4 is 21.6 Å². The standard InChI is InChI=1S/C18H17N3O3S/c1-13-6-7-16(11-14(13)2)25(23,24)21-10-8-15(12-21)20-18(22)17-5-3-4-9-19-17/h3-12H,1-2H3,(H,20,22). The van der Waals surface area contributed by atoms with Crippen LogP contribution in [0.4, 0.5) is 5.69 Å². The Morgan fingerprint density at radius 1 is 1.08 bits per heavy atom. The monoisotopic (exact) mass is 355 g/mol. The number of pyridine rings is 1. The number of anilines is 1. The second-order valence-corrected chi connectivity index (χ2v) is 7.49. The summed E-state index contributed by atoms with van der Waals surface area (Å²) in [4.78, 5) is 16.3. The van der Waals surface area contributed by atoms with Crippen LogP contribution in [0.3, 0.4) is 0 Å². The number of aryl methyl sites for hydroxylation is 2. The first-order valence-corrected chi connectivity index (χ1v) is 9.05. The largest absolute Gasteiger partial charge is 0.319 e. The van der Waals surface area contributed by atoms with Gasteiger partial charge in [-0.3, -0.25) is 9.78 Å². The number of hydrogen-bond donors (Lipinski definition) is 1. The molecule has 0 bridgehead atoms. The van der Waals surface area contributed by atoms with E-state index in [0.717, 1.165) is 15.1 Å². The van der Waals surface area contributed by atoms with Crippen molar-refractivity contribution in [3.63, 3.8) is 0 Å². The maximum atomic E-state index is 12.7. The molecule has 2 aromatic heterocycles. The molecule has 0 radical (unpaired) electrons. The zero-order valence-electron chi connectivity index (χ0n) is 13.8. The molecule has 1 amide bonds. The average Bonchev–Trinajstić information content (AvgIpc) is 3.07. The van der Waals surface area contributed by atoms with Gasteiger partial charge in [0.15, 0.2) is 0 Å². The fourth-order valence-electron chi connectivity index (χ4n) is 2.29. The number of amides is 1. The lowest BCUT2D eigenvalue weighted by Gasteiger charge is -2.08. The van der Waals surface area contributed by atoms with E-state index >= 15 is 0 Å². The fraction of sp³-hybridized carbons (Fsp3) is 0.111. The van der Waals surface area contributed by atoms with Crippen molar-refractivity contribution < 1.29 is 13.2 Å². The minimum Gasteiger partial charge on any atom is -0.319 e. The first-order chi connectivity index (χ1) is 11.9. The van der Waals surface area contributed by atoms with Gasteiger partial charge in [-0.1, -0.05) is 12.1 Å². The van der Waals surface area contributed by atoms with Gasteiger partial charge in [0.1, 0.15) is 5.69 Å². The number of carbonyl (C=O) groups is 1. The summed E-state index contributed by atoms with van der Waals surface area (Å²) in [6, 6.07) is 11.5. The van der Waals surface area contributed by atoms with Crippen molar-refractivity contribution in [2.45, 2.75) is 18.7 Å². The van der Waals surface area contributed by atoms with Gasteiger partial charge >= 0.3 is 0 Å². The summed E-state index contributed by atoms with van der Waals surface area (Å²) >= 11 is 0. The summed E-state index contributed by atoms with van der Waals surface area (Å²) in [5.74, 6) is -0.401. The summed E-state index contributed by atoms with van der Waals surface area (Å²) in [5.41, 5.74) is 2.56. The fourth-order valence-corrected chi connectivity index (χ4v) is 3.57. The van der Waals surface area contributed by atoms with Crippen LogP contribution in [0, 0.1) is 13.8 Å². The van der Waals surface area contributed by atoms with Gasteiger partial charge in [-0.25, -0.2) is 12.4 Å². The Balaban J connectivity index is 1.85. The van der Waals surface area contributed by atoms with E-state index in [4.69, 9.17) is 0 Å². The van der Waals surface area contributed by atoms with Crippen LogP contribution in [0.25, 0.3) is 0 Å². The summed E-state index contributed by atoms with van der Waals surface area (Å²) in [7, 11) is -3.71. The molecule has 0 fully saturated rings. The molecule has 2 heterocycles.